The molecule has 0 bridgehead atoms. The Balaban J connectivity index is 1.69. The summed E-state index contributed by atoms with van der Waals surface area (Å²) in [4.78, 5) is 1.58. The molecule has 2 atom stereocenters. The molecule has 0 radical (unpaired) electrons. The third-order valence-electron chi connectivity index (χ3n) is 4.12. The quantitative estimate of drug-likeness (QED) is 0.651. The van der Waals surface area contributed by atoms with E-state index in [0.29, 0.717) is 12.0 Å². The number of rotatable bonds is 5. The van der Waals surface area contributed by atoms with Gasteiger partial charge in [0.2, 0.25) is 0 Å². The van der Waals surface area contributed by atoms with Crippen molar-refractivity contribution in [2.45, 2.75) is 44.1 Å². The fourth-order valence-corrected chi connectivity index (χ4v) is 4.80. The van der Waals surface area contributed by atoms with Crippen molar-refractivity contribution in [1.82, 2.24) is 5.43 Å². The van der Waals surface area contributed by atoms with E-state index in [1.807, 2.05) is 11.3 Å². The molecule has 0 saturated carbocycles. The number of nitrogens with one attached hydrogen (secondary N) is 1. The van der Waals surface area contributed by atoms with Crippen molar-refractivity contribution in [2.24, 2.45) is 5.84 Å². The molecule has 2 nitrogen and oxygen atoms in total. The third kappa shape index (κ3) is 2.92. The van der Waals surface area contributed by atoms with Crippen molar-refractivity contribution in [1.29, 1.82) is 0 Å². The van der Waals surface area contributed by atoms with Gasteiger partial charge in [0.25, 0.3) is 0 Å². The van der Waals surface area contributed by atoms with Gasteiger partial charge in [0.15, 0.2) is 0 Å². The van der Waals surface area contributed by atoms with Crippen LogP contribution in [0.2, 0.25) is 0 Å². The molecular weight excluding hydrogens is 272 g/mol. The highest BCUT2D eigenvalue weighted by Crippen LogP contribution is 2.37. The predicted molar refractivity (Wildman–Crippen MR) is 83.7 cm³/mol. The summed E-state index contributed by atoms with van der Waals surface area (Å²) in [6.07, 6.45) is 6.06. The molecule has 0 aromatic carbocycles. The summed E-state index contributed by atoms with van der Waals surface area (Å²) in [5, 5.41) is 6.62. The van der Waals surface area contributed by atoms with Gasteiger partial charge in [-0.1, -0.05) is 0 Å². The monoisotopic (exact) mass is 292 g/mol. The average molecular weight is 292 g/mol. The molecule has 1 aliphatic carbocycles. The average Bonchev–Trinajstić information content (AvgIpc) is 3.10. The highest BCUT2D eigenvalue weighted by molar-refractivity contribution is 7.10. The Labute approximate surface area is 122 Å². The van der Waals surface area contributed by atoms with Gasteiger partial charge in [-0.05, 0) is 71.5 Å². The van der Waals surface area contributed by atoms with E-state index in [9.17, 15) is 0 Å². The lowest BCUT2D eigenvalue weighted by Gasteiger charge is -2.30. The lowest BCUT2D eigenvalue weighted by atomic mass is 9.81. The predicted octanol–water partition coefficient (Wildman–Crippen LogP) is 3.69. The fraction of sp³-hybridized carbons (Fsp3) is 0.467. The number of hydrogen-bond donors (Lipinski definition) is 2. The lowest BCUT2D eigenvalue weighted by Crippen LogP contribution is -2.41. The minimum atomic E-state index is 0.397. The number of hydrazine groups is 1. The van der Waals surface area contributed by atoms with E-state index in [1.165, 1.54) is 24.8 Å². The zero-order valence-corrected chi connectivity index (χ0v) is 12.6. The van der Waals surface area contributed by atoms with Gasteiger partial charge in [0.05, 0.1) is 0 Å². The number of aryl methyl sites for hydroxylation is 2. The van der Waals surface area contributed by atoms with E-state index in [1.54, 1.807) is 21.8 Å². The van der Waals surface area contributed by atoms with Gasteiger partial charge in [-0.3, -0.25) is 11.3 Å². The minimum absolute atomic E-state index is 0.397. The molecule has 19 heavy (non-hydrogen) atoms. The maximum absolute atomic E-state index is 5.82. The van der Waals surface area contributed by atoms with Crippen LogP contribution in [0.25, 0.3) is 0 Å². The Hall–Kier alpha value is -0.680. The van der Waals surface area contributed by atoms with E-state index < -0.39 is 0 Å². The van der Waals surface area contributed by atoms with Crippen LogP contribution in [0.5, 0.6) is 0 Å². The molecule has 2 unspecified atom stereocenters. The first-order chi connectivity index (χ1) is 9.38. The van der Waals surface area contributed by atoms with Crippen molar-refractivity contribution >= 4 is 22.7 Å². The largest absolute Gasteiger partial charge is 0.271 e. The van der Waals surface area contributed by atoms with E-state index >= 15 is 0 Å². The number of hydrogen-bond acceptors (Lipinski definition) is 4. The summed E-state index contributed by atoms with van der Waals surface area (Å²) in [5.41, 5.74) is 6.06. The van der Waals surface area contributed by atoms with Gasteiger partial charge in [-0.2, -0.15) is 11.3 Å². The molecule has 2 heterocycles. The molecule has 0 spiro atoms. The molecule has 2 aromatic rings. The van der Waals surface area contributed by atoms with E-state index in [4.69, 9.17) is 5.84 Å². The standard InChI is InChI=1S/C15H20N2S2/c16-17-14(5-4-11-6-8-18-10-11)12-2-1-3-15-13(12)7-9-19-15/h6-10,12,14,17H,1-5,16H2. The number of nitrogens with two attached hydrogens (primary N) is 1. The summed E-state index contributed by atoms with van der Waals surface area (Å²) < 4.78 is 0. The topological polar surface area (TPSA) is 38.0 Å². The van der Waals surface area contributed by atoms with Crippen LogP contribution in [0.1, 0.15) is 41.2 Å². The lowest BCUT2D eigenvalue weighted by molar-refractivity contribution is 0.380. The molecule has 3 rings (SSSR count). The second-order valence-electron chi connectivity index (χ2n) is 5.24. The Morgan fingerprint density at radius 3 is 3.11 bits per heavy atom. The molecule has 102 valence electrons. The molecule has 0 fully saturated rings. The van der Waals surface area contributed by atoms with Crippen molar-refractivity contribution < 1.29 is 0 Å². The SMILES string of the molecule is NNC(CCc1ccsc1)C1CCCc2sccc21. The van der Waals surface area contributed by atoms with Crippen molar-refractivity contribution in [3.05, 3.63) is 44.3 Å². The van der Waals surface area contributed by atoms with Crippen LogP contribution in [0, 0.1) is 0 Å². The molecule has 4 heteroatoms. The van der Waals surface area contributed by atoms with Crippen molar-refractivity contribution in [3.63, 3.8) is 0 Å². The second kappa shape index (κ2) is 6.18. The van der Waals surface area contributed by atoms with Crippen molar-refractivity contribution in [2.75, 3.05) is 0 Å². The maximum Gasteiger partial charge on any atom is 0.0282 e. The summed E-state index contributed by atoms with van der Waals surface area (Å²) in [5.74, 6) is 6.42. The van der Waals surface area contributed by atoms with Crippen LogP contribution in [0.4, 0.5) is 0 Å². The highest BCUT2D eigenvalue weighted by Gasteiger charge is 2.27. The highest BCUT2D eigenvalue weighted by atomic mass is 32.1. The Kier molecular flexibility index (Phi) is 4.33. The summed E-state index contributed by atoms with van der Waals surface area (Å²) in [6, 6.07) is 4.92. The second-order valence-corrected chi connectivity index (χ2v) is 7.02. The molecule has 1 aliphatic rings. The van der Waals surface area contributed by atoms with Crippen LogP contribution in [0.15, 0.2) is 28.3 Å². The molecular formula is C15H20N2S2. The number of fused-ring (bicyclic) bond motifs is 1. The van der Waals surface area contributed by atoms with Crippen LogP contribution >= 0.6 is 22.7 Å². The first-order valence-corrected chi connectivity index (χ1v) is 8.74. The molecule has 3 N–H and O–H groups in total. The molecule has 0 aliphatic heterocycles. The summed E-state index contributed by atoms with van der Waals surface area (Å²) in [6.45, 7) is 0. The smallest absolute Gasteiger partial charge is 0.0282 e. The van der Waals surface area contributed by atoms with Gasteiger partial charge < -0.3 is 0 Å². The summed E-state index contributed by atoms with van der Waals surface area (Å²) in [7, 11) is 0. The third-order valence-corrected chi connectivity index (χ3v) is 5.85. The maximum atomic E-state index is 5.82. The van der Waals surface area contributed by atoms with Gasteiger partial charge >= 0.3 is 0 Å². The summed E-state index contributed by atoms with van der Waals surface area (Å²) >= 11 is 3.68. The van der Waals surface area contributed by atoms with Crippen molar-refractivity contribution in [3.8, 4) is 0 Å². The zero-order valence-electron chi connectivity index (χ0n) is 11.0. The van der Waals surface area contributed by atoms with Gasteiger partial charge in [-0.25, -0.2) is 0 Å². The van der Waals surface area contributed by atoms with Crippen LogP contribution in [0.3, 0.4) is 0 Å². The van der Waals surface area contributed by atoms with Crippen LogP contribution in [-0.2, 0) is 12.8 Å². The van der Waals surface area contributed by atoms with E-state index in [2.05, 4.69) is 33.7 Å². The normalized spacial score (nSPS) is 20.2. The molecule has 0 amide bonds. The zero-order chi connectivity index (χ0) is 13.1. The minimum Gasteiger partial charge on any atom is -0.271 e. The van der Waals surface area contributed by atoms with E-state index in [-0.39, 0.29) is 0 Å². The van der Waals surface area contributed by atoms with Gasteiger partial charge in [0, 0.05) is 16.8 Å². The molecule has 2 aromatic heterocycles. The first kappa shape index (κ1) is 13.3. The fourth-order valence-electron chi connectivity index (χ4n) is 3.10. The number of thiophene rings is 2. The van der Waals surface area contributed by atoms with Crippen LogP contribution < -0.4 is 11.3 Å². The van der Waals surface area contributed by atoms with E-state index in [0.717, 1.165) is 12.8 Å². The Bertz CT molecular complexity index is 504. The van der Waals surface area contributed by atoms with Gasteiger partial charge in [-0.15, -0.1) is 11.3 Å². The Morgan fingerprint density at radius 1 is 1.37 bits per heavy atom. The van der Waals surface area contributed by atoms with Gasteiger partial charge in [0.1, 0.15) is 0 Å². The molecule has 0 saturated heterocycles. The van der Waals surface area contributed by atoms with Crippen LogP contribution in [-0.4, -0.2) is 6.04 Å². The Morgan fingerprint density at radius 2 is 2.32 bits per heavy atom. The first-order valence-electron chi connectivity index (χ1n) is 6.92.